The van der Waals surface area contributed by atoms with Crippen LogP contribution in [0.4, 0.5) is 5.69 Å². The zero-order valence-corrected chi connectivity index (χ0v) is 20.6. The van der Waals surface area contributed by atoms with Crippen LogP contribution in [0.5, 0.6) is 11.5 Å². The van der Waals surface area contributed by atoms with Crippen molar-refractivity contribution in [1.82, 2.24) is 0 Å². The molecule has 1 amide bonds. The first-order valence-corrected chi connectivity index (χ1v) is 11.8. The molecular formula is C26H31BrN2O3. The van der Waals surface area contributed by atoms with E-state index >= 15 is 0 Å². The van der Waals surface area contributed by atoms with Crippen LogP contribution in [0.1, 0.15) is 56.6 Å². The number of nitriles is 1. The number of hydrogen-bond acceptors (Lipinski definition) is 4. The van der Waals surface area contributed by atoms with Crippen molar-refractivity contribution in [3.8, 4) is 17.6 Å². The molecule has 0 atom stereocenters. The van der Waals surface area contributed by atoms with Crippen LogP contribution >= 0.6 is 15.9 Å². The monoisotopic (exact) mass is 498 g/mol. The Morgan fingerprint density at radius 3 is 2.59 bits per heavy atom. The minimum absolute atomic E-state index is 0.00112. The van der Waals surface area contributed by atoms with Crippen LogP contribution in [0.15, 0.2) is 46.4 Å². The fraction of sp³-hybridized carbons (Fsp3) is 0.385. The first-order chi connectivity index (χ1) is 15.5. The summed E-state index contributed by atoms with van der Waals surface area (Å²) >= 11 is 3.54. The second-order valence-corrected chi connectivity index (χ2v) is 8.50. The van der Waals surface area contributed by atoms with Crippen LogP contribution < -0.4 is 14.8 Å². The molecule has 0 heterocycles. The average molecular weight is 499 g/mol. The molecule has 0 unspecified atom stereocenters. The number of unbranched alkanes of at least 4 members (excludes halogenated alkanes) is 5. The molecule has 2 aromatic carbocycles. The van der Waals surface area contributed by atoms with E-state index in [0.29, 0.717) is 33.8 Å². The highest BCUT2D eigenvalue weighted by atomic mass is 79.9. The molecule has 0 bridgehead atoms. The van der Waals surface area contributed by atoms with Gasteiger partial charge in [0.15, 0.2) is 11.5 Å². The molecule has 0 saturated heterocycles. The third kappa shape index (κ3) is 8.05. The maximum atomic E-state index is 12.6. The Morgan fingerprint density at radius 2 is 1.91 bits per heavy atom. The molecule has 0 aliphatic rings. The van der Waals surface area contributed by atoms with Crippen molar-refractivity contribution in [3.63, 3.8) is 0 Å². The first kappa shape index (κ1) is 25.5. The van der Waals surface area contributed by atoms with E-state index in [9.17, 15) is 10.1 Å². The summed E-state index contributed by atoms with van der Waals surface area (Å²) in [5.74, 6) is 0.713. The van der Waals surface area contributed by atoms with E-state index in [4.69, 9.17) is 9.47 Å². The number of rotatable bonds is 12. The summed E-state index contributed by atoms with van der Waals surface area (Å²) in [6, 6.07) is 13.0. The van der Waals surface area contributed by atoms with Crippen LogP contribution in [0, 0.1) is 18.3 Å². The predicted octanol–water partition coefficient (Wildman–Crippen LogP) is 7.05. The Balaban J connectivity index is 2.08. The SMILES string of the molecule is CCCCCCCCOc1c(Br)cc(/C=C(\C#N)C(=O)Nc2cccc(C)c2)cc1OC. The van der Waals surface area contributed by atoms with Gasteiger partial charge in [-0.1, -0.05) is 51.2 Å². The summed E-state index contributed by atoms with van der Waals surface area (Å²) in [4.78, 5) is 12.6. The molecule has 0 aromatic heterocycles. The molecule has 0 radical (unpaired) electrons. The Labute approximate surface area is 199 Å². The highest BCUT2D eigenvalue weighted by Crippen LogP contribution is 2.37. The lowest BCUT2D eigenvalue weighted by Gasteiger charge is -2.14. The smallest absolute Gasteiger partial charge is 0.266 e. The summed E-state index contributed by atoms with van der Waals surface area (Å²) in [6.45, 7) is 4.76. The molecule has 0 fully saturated rings. The van der Waals surface area contributed by atoms with Gasteiger partial charge in [-0.05, 0) is 70.7 Å². The molecule has 170 valence electrons. The number of halogens is 1. The second kappa shape index (κ2) is 13.6. The van der Waals surface area contributed by atoms with Gasteiger partial charge in [-0.15, -0.1) is 0 Å². The quantitative estimate of drug-likeness (QED) is 0.193. The van der Waals surface area contributed by atoms with Gasteiger partial charge in [0, 0.05) is 5.69 Å². The molecule has 0 aliphatic heterocycles. The highest BCUT2D eigenvalue weighted by Gasteiger charge is 2.14. The Morgan fingerprint density at radius 1 is 1.16 bits per heavy atom. The summed E-state index contributed by atoms with van der Waals surface area (Å²) in [6.07, 6.45) is 8.67. The summed E-state index contributed by atoms with van der Waals surface area (Å²) < 4.78 is 12.2. The van der Waals surface area contributed by atoms with Gasteiger partial charge in [-0.25, -0.2) is 0 Å². The number of aryl methyl sites for hydroxylation is 1. The number of amides is 1. The maximum absolute atomic E-state index is 12.6. The number of anilines is 1. The van der Waals surface area contributed by atoms with E-state index in [2.05, 4.69) is 28.2 Å². The number of methoxy groups -OCH3 is 1. The third-order valence-corrected chi connectivity index (χ3v) is 5.54. The minimum atomic E-state index is -0.461. The largest absolute Gasteiger partial charge is 0.493 e. The van der Waals surface area contributed by atoms with Crippen molar-refractivity contribution in [2.75, 3.05) is 19.0 Å². The first-order valence-electron chi connectivity index (χ1n) is 11.0. The number of carbonyl (C=O) groups excluding carboxylic acids is 1. The summed E-state index contributed by atoms with van der Waals surface area (Å²) in [7, 11) is 1.57. The molecule has 2 aromatic rings. The highest BCUT2D eigenvalue weighted by molar-refractivity contribution is 9.10. The van der Waals surface area contributed by atoms with Gasteiger partial charge in [0.05, 0.1) is 18.2 Å². The van der Waals surface area contributed by atoms with Crippen LogP contribution in [0.25, 0.3) is 6.08 Å². The molecule has 1 N–H and O–H groups in total. The van der Waals surface area contributed by atoms with Gasteiger partial charge in [-0.3, -0.25) is 4.79 Å². The van der Waals surface area contributed by atoms with E-state index in [-0.39, 0.29) is 5.57 Å². The van der Waals surface area contributed by atoms with Crippen molar-refractivity contribution < 1.29 is 14.3 Å². The van der Waals surface area contributed by atoms with Crippen LogP contribution in [0.2, 0.25) is 0 Å². The molecule has 0 saturated carbocycles. The van der Waals surface area contributed by atoms with E-state index in [0.717, 1.165) is 18.4 Å². The standard InChI is InChI=1S/C26H31BrN2O3/c1-4-5-6-7-8-9-13-32-25-23(27)16-20(17-24(25)31-3)15-21(18-28)26(30)29-22-12-10-11-19(2)14-22/h10-12,14-17H,4-9,13H2,1-3H3,(H,29,30)/b21-15+. The van der Waals surface area contributed by atoms with E-state index in [1.54, 1.807) is 19.2 Å². The maximum Gasteiger partial charge on any atom is 0.266 e. The molecule has 6 heteroatoms. The molecule has 2 rings (SSSR count). The normalized spacial score (nSPS) is 11.0. The van der Waals surface area contributed by atoms with Crippen molar-refractivity contribution >= 4 is 33.6 Å². The number of benzene rings is 2. The van der Waals surface area contributed by atoms with Crippen molar-refractivity contribution in [1.29, 1.82) is 5.26 Å². The zero-order valence-electron chi connectivity index (χ0n) is 19.0. The van der Waals surface area contributed by atoms with E-state index < -0.39 is 5.91 Å². The topological polar surface area (TPSA) is 71.3 Å². The molecule has 32 heavy (non-hydrogen) atoms. The van der Waals surface area contributed by atoms with Gasteiger partial charge in [-0.2, -0.15) is 5.26 Å². The molecule has 0 spiro atoms. The van der Waals surface area contributed by atoms with Crippen molar-refractivity contribution in [2.45, 2.75) is 52.4 Å². The number of hydrogen-bond donors (Lipinski definition) is 1. The Hall–Kier alpha value is -2.78. The van der Waals surface area contributed by atoms with E-state index in [1.165, 1.54) is 31.8 Å². The van der Waals surface area contributed by atoms with Crippen molar-refractivity contribution in [3.05, 3.63) is 57.6 Å². The van der Waals surface area contributed by atoms with Gasteiger partial charge < -0.3 is 14.8 Å². The van der Waals surface area contributed by atoms with Crippen LogP contribution in [0.3, 0.4) is 0 Å². The zero-order chi connectivity index (χ0) is 23.3. The second-order valence-electron chi connectivity index (χ2n) is 7.64. The van der Waals surface area contributed by atoms with Gasteiger partial charge in [0.1, 0.15) is 11.6 Å². The summed E-state index contributed by atoms with van der Waals surface area (Å²) in [5.41, 5.74) is 2.33. The number of nitrogens with one attached hydrogen (secondary N) is 1. The van der Waals surface area contributed by atoms with Crippen molar-refractivity contribution in [2.24, 2.45) is 0 Å². The predicted molar refractivity (Wildman–Crippen MR) is 133 cm³/mol. The van der Waals surface area contributed by atoms with Gasteiger partial charge in [0.2, 0.25) is 0 Å². The Bertz CT molecular complexity index is 980. The number of nitrogens with zero attached hydrogens (tertiary/aromatic N) is 1. The van der Waals surface area contributed by atoms with Gasteiger partial charge in [0.25, 0.3) is 5.91 Å². The fourth-order valence-electron chi connectivity index (χ4n) is 3.26. The lowest BCUT2D eigenvalue weighted by molar-refractivity contribution is -0.112. The molecule has 0 aliphatic carbocycles. The average Bonchev–Trinajstić information content (AvgIpc) is 2.77. The summed E-state index contributed by atoms with van der Waals surface area (Å²) in [5, 5.41) is 12.3. The number of carbonyl (C=O) groups is 1. The lowest BCUT2D eigenvalue weighted by Crippen LogP contribution is -2.13. The Kier molecular flexibility index (Phi) is 10.8. The van der Waals surface area contributed by atoms with E-state index in [1.807, 2.05) is 37.3 Å². The molecular weight excluding hydrogens is 468 g/mol. The molecule has 5 nitrogen and oxygen atoms in total. The lowest BCUT2D eigenvalue weighted by atomic mass is 10.1. The fourth-order valence-corrected chi connectivity index (χ4v) is 3.83. The third-order valence-electron chi connectivity index (χ3n) is 4.95. The number of ether oxygens (including phenoxy) is 2. The van der Waals surface area contributed by atoms with Crippen LogP contribution in [-0.2, 0) is 4.79 Å². The van der Waals surface area contributed by atoms with Crippen LogP contribution in [-0.4, -0.2) is 19.6 Å². The minimum Gasteiger partial charge on any atom is -0.493 e. The van der Waals surface area contributed by atoms with Gasteiger partial charge >= 0.3 is 0 Å².